The molecule has 0 saturated carbocycles. The first-order valence-corrected chi connectivity index (χ1v) is 11.2. The van der Waals surface area contributed by atoms with Gasteiger partial charge in [0.1, 0.15) is 5.82 Å². The molecule has 2 aliphatic rings. The summed E-state index contributed by atoms with van der Waals surface area (Å²) in [4.78, 5) is 49.9. The van der Waals surface area contributed by atoms with Crippen LogP contribution in [0, 0.1) is 0 Å². The molecule has 9 heteroatoms. The number of methoxy groups -OCH3 is 1. The van der Waals surface area contributed by atoms with Crippen molar-refractivity contribution in [3.8, 4) is 5.06 Å². The Hall–Kier alpha value is -2.68. The van der Waals surface area contributed by atoms with E-state index in [1.54, 1.807) is 29.0 Å². The van der Waals surface area contributed by atoms with Crippen LogP contribution in [-0.4, -0.2) is 51.8 Å². The molecule has 1 saturated heterocycles. The molecule has 1 fully saturated rings. The maximum atomic E-state index is 13.2. The van der Waals surface area contributed by atoms with Gasteiger partial charge in [-0.2, -0.15) is 0 Å². The number of hydrogen-bond acceptors (Lipinski definition) is 6. The number of nitrogens with zero attached hydrogens (tertiary/aromatic N) is 3. The fourth-order valence-electron chi connectivity index (χ4n) is 4.20. The van der Waals surface area contributed by atoms with E-state index in [4.69, 9.17) is 9.72 Å². The summed E-state index contributed by atoms with van der Waals surface area (Å²) in [5.74, 6) is 0.502. The van der Waals surface area contributed by atoms with E-state index in [0.717, 1.165) is 19.3 Å². The molecular formula is C21H26N4O4S. The van der Waals surface area contributed by atoms with Gasteiger partial charge in [0.25, 0.3) is 11.5 Å². The third-order valence-corrected chi connectivity index (χ3v) is 6.85. The Balaban J connectivity index is 1.64. The van der Waals surface area contributed by atoms with E-state index in [0.29, 0.717) is 59.5 Å². The molecule has 2 aromatic rings. The van der Waals surface area contributed by atoms with E-state index in [1.165, 1.54) is 11.3 Å². The van der Waals surface area contributed by atoms with Gasteiger partial charge in [0.2, 0.25) is 5.91 Å². The summed E-state index contributed by atoms with van der Waals surface area (Å²) in [6.07, 6.45) is 3.56. The summed E-state index contributed by atoms with van der Waals surface area (Å²) < 4.78 is 5.22. The molecule has 0 radical (unpaired) electrons. The monoisotopic (exact) mass is 430 g/mol. The van der Waals surface area contributed by atoms with Crippen LogP contribution >= 0.6 is 11.3 Å². The van der Waals surface area contributed by atoms with E-state index in [-0.39, 0.29) is 23.4 Å². The molecule has 160 valence electrons. The third-order valence-electron chi connectivity index (χ3n) is 5.82. The Morgan fingerprint density at radius 1 is 1.30 bits per heavy atom. The molecule has 1 atom stereocenters. The van der Waals surface area contributed by atoms with Crippen LogP contribution in [0.1, 0.15) is 65.4 Å². The van der Waals surface area contributed by atoms with Crippen LogP contribution in [0.4, 0.5) is 0 Å². The van der Waals surface area contributed by atoms with Crippen LogP contribution in [0.2, 0.25) is 0 Å². The number of ether oxygens (including phenoxy) is 1. The SMILES string of the molecule is CCC(=O)N1CCc2c(nc([C@@H]3CCCCN3C(=O)c3ccc(OC)s3)[nH]c2=O)C1. The van der Waals surface area contributed by atoms with Gasteiger partial charge in [-0.05, 0) is 37.8 Å². The Bertz CT molecular complexity index is 1010. The quantitative estimate of drug-likeness (QED) is 0.804. The predicted molar refractivity (Wildman–Crippen MR) is 113 cm³/mol. The van der Waals surface area contributed by atoms with Gasteiger partial charge >= 0.3 is 0 Å². The van der Waals surface area contributed by atoms with Gasteiger partial charge in [-0.3, -0.25) is 14.4 Å². The van der Waals surface area contributed by atoms with Crippen LogP contribution in [0.3, 0.4) is 0 Å². The molecule has 2 aromatic heterocycles. The van der Waals surface area contributed by atoms with E-state index in [1.807, 2.05) is 6.92 Å². The third kappa shape index (κ3) is 3.86. The zero-order valence-electron chi connectivity index (χ0n) is 17.3. The minimum Gasteiger partial charge on any atom is -0.487 e. The van der Waals surface area contributed by atoms with Gasteiger partial charge in [-0.25, -0.2) is 4.98 Å². The number of fused-ring (bicyclic) bond motifs is 1. The second kappa shape index (κ2) is 8.59. The van der Waals surface area contributed by atoms with Crippen molar-refractivity contribution >= 4 is 23.2 Å². The number of likely N-dealkylation sites (tertiary alicyclic amines) is 1. The summed E-state index contributed by atoms with van der Waals surface area (Å²) in [5, 5.41) is 0.688. The molecule has 0 bridgehead atoms. The number of carbonyl (C=O) groups excluding carboxylic acids is 2. The number of rotatable bonds is 4. The molecule has 4 rings (SSSR count). The highest BCUT2D eigenvalue weighted by molar-refractivity contribution is 7.15. The normalized spacial score (nSPS) is 18.8. The summed E-state index contributed by atoms with van der Waals surface area (Å²) in [6.45, 7) is 3.34. The van der Waals surface area contributed by atoms with Crippen molar-refractivity contribution in [2.24, 2.45) is 0 Å². The molecular weight excluding hydrogens is 404 g/mol. The molecule has 1 N–H and O–H groups in total. The first-order chi connectivity index (χ1) is 14.5. The van der Waals surface area contributed by atoms with Crippen molar-refractivity contribution < 1.29 is 14.3 Å². The minimum absolute atomic E-state index is 0.0606. The topological polar surface area (TPSA) is 95.6 Å². The summed E-state index contributed by atoms with van der Waals surface area (Å²) in [7, 11) is 1.58. The van der Waals surface area contributed by atoms with E-state index in [9.17, 15) is 14.4 Å². The number of aromatic nitrogens is 2. The molecule has 0 aromatic carbocycles. The summed E-state index contributed by atoms with van der Waals surface area (Å²) in [6, 6.07) is 3.28. The van der Waals surface area contributed by atoms with Crippen molar-refractivity contribution in [1.29, 1.82) is 0 Å². The van der Waals surface area contributed by atoms with Gasteiger partial charge in [0.05, 0.1) is 30.3 Å². The van der Waals surface area contributed by atoms with Gasteiger partial charge in [-0.1, -0.05) is 18.3 Å². The lowest BCUT2D eigenvalue weighted by Crippen LogP contribution is -2.42. The van der Waals surface area contributed by atoms with Crippen LogP contribution in [0.5, 0.6) is 5.06 Å². The second-order valence-electron chi connectivity index (χ2n) is 7.63. The van der Waals surface area contributed by atoms with Gasteiger partial charge < -0.3 is 19.5 Å². The number of piperidine rings is 1. The number of nitrogens with one attached hydrogen (secondary N) is 1. The highest BCUT2D eigenvalue weighted by atomic mass is 32.1. The average molecular weight is 431 g/mol. The van der Waals surface area contributed by atoms with Crippen molar-refractivity contribution in [3.63, 3.8) is 0 Å². The molecule has 0 spiro atoms. The molecule has 4 heterocycles. The van der Waals surface area contributed by atoms with Crippen LogP contribution in [0.15, 0.2) is 16.9 Å². The Morgan fingerprint density at radius 3 is 2.87 bits per heavy atom. The Labute approximate surface area is 178 Å². The summed E-state index contributed by atoms with van der Waals surface area (Å²) in [5.41, 5.74) is 1.14. The van der Waals surface area contributed by atoms with Gasteiger partial charge in [-0.15, -0.1) is 0 Å². The fraction of sp³-hybridized carbons (Fsp3) is 0.524. The first-order valence-electron chi connectivity index (χ1n) is 10.4. The van der Waals surface area contributed by atoms with Gasteiger partial charge in [0.15, 0.2) is 5.06 Å². The minimum atomic E-state index is -0.283. The molecule has 0 aliphatic carbocycles. The lowest BCUT2D eigenvalue weighted by molar-refractivity contribution is -0.131. The standard InChI is InChI=1S/C21H26N4O4S/c1-3-17(26)24-11-9-13-14(12-24)22-19(23-20(13)27)15-6-4-5-10-25(15)21(28)16-7-8-18(29-2)30-16/h7-8,15H,3-6,9-12H2,1-2H3,(H,22,23,27)/t15-/m0/s1. The molecule has 8 nitrogen and oxygen atoms in total. The average Bonchev–Trinajstić information content (AvgIpc) is 3.27. The van der Waals surface area contributed by atoms with Crippen molar-refractivity contribution in [2.75, 3.05) is 20.2 Å². The Kier molecular flexibility index (Phi) is 5.90. The zero-order chi connectivity index (χ0) is 21.3. The van der Waals surface area contributed by atoms with Gasteiger partial charge in [0, 0.05) is 25.1 Å². The number of H-pyrrole nitrogens is 1. The maximum absolute atomic E-state index is 13.2. The number of amides is 2. The maximum Gasteiger partial charge on any atom is 0.264 e. The number of carbonyl (C=O) groups is 2. The second-order valence-corrected chi connectivity index (χ2v) is 8.67. The largest absolute Gasteiger partial charge is 0.487 e. The van der Waals surface area contributed by atoms with Crippen molar-refractivity contribution in [2.45, 2.75) is 51.6 Å². The molecule has 0 unspecified atom stereocenters. The van der Waals surface area contributed by atoms with Crippen LogP contribution in [0.25, 0.3) is 0 Å². The Morgan fingerprint density at radius 2 is 2.13 bits per heavy atom. The van der Waals surface area contributed by atoms with E-state index >= 15 is 0 Å². The van der Waals surface area contributed by atoms with Crippen LogP contribution < -0.4 is 10.3 Å². The lowest BCUT2D eigenvalue weighted by atomic mass is 10.00. The fourth-order valence-corrected chi connectivity index (χ4v) is 4.98. The lowest BCUT2D eigenvalue weighted by Gasteiger charge is -2.35. The predicted octanol–water partition coefficient (Wildman–Crippen LogP) is 2.50. The van der Waals surface area contributed by atoms with Crippen molar-refractivity contribution in [1.82, 2.24) is 19.8 Å². The van der Waals surface area contributed by atoms with Crippen LogP contribution in [-0.2, 0) is 17.8 Å². The van der Waals surface area contributed by atoms with Crippen molar-refractivity contribution in [3.05, 3.63) is 44.4 Å². The highest BCUT2D eigenvalue weighted by Crippen LogP contribution is 2.33. The number of hydrogen-bond donors (Lipinski definition) is 1. The highest BCUT2D eigenvalue weighted by Gasteiger charge is 2.33. The zero-order valence-corrected chi connectivity index (χ0v) is 18.1. The molecule has 30 heavy (non-hydrogen) atoms. The molecule has 2 amide bonds. The first kappa shape index (κ1) is 20.6. The van der Waals surface area contributed by atoms with E-state index < -0.39 is 0 Å². The number of thiophene rings is 1. The molecule has 2 aliphatic heterocycles. The number of aromatic amines is 1. The van der Waals surface area contributed by atoms with E-state index in [2.05, 4.69) is 4.98 Å². The smallest absolute Gasteiger partial charge is 0.264 e. The summed E-state index contributed by atoms with van der Waals surface area (Å²) >= 11 is 1.31.